The van der Waals surface area contributed by atoms with Crippen LogP contribution >= 0.6 is 0 Å². The number of nitrogens with zero attached hydrogens (tertiary/aromatic N) is 4. The molecule has 2 atom stereocenters. The van der Waals surface area contributed by atoms with E-state index < -0.39 is 11.6 Å². The minimum absolute atomic E-state index is 0.0548. The lowest BCUT2D eigenvalue weighted by atomic mass is 9.84. The van der Waals surface area contributed by atoms with Crippen LogP contribution in [0.25, 0.3) is 10.4 Å². The lowest BCUT2D eigenvalue weighted by Gasteiger charge is -2.29. The number of amides is 1. The predicted octanol–water partition coefficient (Wildman–Crippen LogP) is 4.24. The van der Waals surface area contributed by atoms with E-state index in [0.29, 0.717) is 41.7 Å². The molecule has 12 nitrogen and oxygen atoms in total. The van der Waals surface area contributed by atoms with Crippen LogP contribution in [0.2, 0.25) is 0 Å². The molecule has 0 unspecified atom stereocenters. The Morgan fingerprint density at radius 1 is 1.07 bits per heavy atom. The Bertz CT molecular complexity index is 1470. The van der Waals surface area contributed by atoms with Crippen LogP contribution in [0, 0.1) is 0 Å². The molecular formula is C31H36N6O6. The van der Waals surface area contributed by atoms with Gasteiger partial charge in [-0.2, -0.15) is 0 Å². The largest absolute Gasteiger partial charge is 0.497 e. The summed E-state index contributed by atoms with van der Waals surface area (Å²) < 4.78 is 22.6. The number of benzene rings is 3. The normalized spacial score (nSPS) is 17.3. The molecule has 0 fully saturated rings. The van der Waals surface area contributed by atoms with Gasteiger partial charge >= 0.3 is 0 Å². The molecule has 1 amide bonds. The second-order valence-corrected chi connectivity index (χ2v) is 9.87. The third-order valence-corrected chi connectivity index (χ3v) is 7.19. The first-order valence-electron chi connectivity index (χ1n) is 13.9. The quantitative estimate of drug-likeness (QED) is 0.0787. The van der Waals surface area contributed by atoms with Crippen LogP contribution in [0.15, 0.2) is 76.8 Å². The first-order valence-corrected chi connectivity index (χ1v) is 13.9. The molecule has 0 bridgehead atoms. The van der Waals surface area contributed by atoms with Crippen molar-refractivity contribution in [1.29, 1.82) is 0 Å². The molecule has 0 saturated carbocycles. The Morgan fingerprint density at radius 2 is 1.81 bits per heavy atom. The van der Waals surface area contributed by atoms with Crippen LogP contribution in [-0.4, -0.2) is 56.0 Å². The number of rotatable bonds is 15. The van der Waals surface area contributed by atoms with Gasteiger partial charge in [-0.1, -0.05) is 35.4 Å². The lowest BCUT2D eigenvalue weighted by molar-refractivity contribution is -0.129. The molecule has 0 spiro atoms. The second-order valence-electron chi connectivity index (χ2n) is 9.87. The van der Waals surface area contributed by atoms with Crippen molar-refractivity contribution in [3.63, 3.8) is 0 Å². The van der Waals surface area contributed by atoms with E-state index in [0.717, 1.165) is 16.7 Å². The number of hydrazine groups is 1. The van der Waals surface area contributed by atoms with Gasteiger partial charge in [0, 0.05) is 48.1 Å². The molecule has 0 saturated heterocycles. The highest BCUT2D eigenvalue weighted by atomic mass is 16.5. The van der Waals surface area contributed by atoms with Gasteiger partial charge in [0.15, 0.2) is 5.54 Å². The Labute approximate surface area is 250 Å². The monoisotopic (exact) mass is 588 g/mol. The topological polar surface area (TPSA) is 159 Å². The van der Waals surface area contributed by atoms with Gasteiger partial charge < -0.3 is 24.1 Å². The highest BCUT2D eigenvalue weighted by Gasteiger charge is 2.50. The molecule has 3 N–H and O–H groups in total. The highest BCUT2D eigenvalue weighted by molar-refractivity contribution is 6.00. The van der Waals surface area contributed by atoms with E-state index in [1.807, 2.05) is 55.5 Å². The number of nitrogens with one attached hydrogen (secondary N) is 2. The van der Waals surface area contributed by atoms with Crippen LogP contribution in [0.3, 0.4) is 0 Å². The molecule has 0 aromatic heterocycles. The number of carbonyl (C=O) groups excluding carboxylic acids is 1. The second kappa shape index (κ2) is 14.9. The first-order chi connectivity index (χ1) is 20.9. The predicted molar refractivity (Wildman–Crippen MR) is 161 cm³/mol. The van der Waals surface area contributed by atoms with Crippen LogP contribution in [0.4, 0.5) is 0 Å². The maximum absolute atomic E-state index is 14.0. The van der Waals surface area contributed by atoms with E-state index in [4.69, 9.17) is 34.6 Å². The van der Waals surface area contributed by atoms with Gasteiger partial charge in [-0.05, 0) is 53.9 Å². The van der Waals surface area contributed by atoms with Crippen molar-refractivity contribution < 1.29 is 28.8 Å². The molecule has 1 aliphatic heterocycles. The molecular weight excluding hydrogens is 552 g/mol. The summed E-state index contributed by atoms with van der Waals surface area (Å²) in [5.74, 6) is 1.87. The fourth-order valence-corrected chi connectivity index (χ4v) is 4.75. The van der Waals surface area contributed by atoms with E-state index in [1.54, 1.807) is 32.4 Å². The smallest absolute Gasteiger partial charge is 0.266 e. The third-order valence-electron chi connectivity index (χ3n) is 7.19. The molecule has 3 aromatic carbocycles. The van der Waals surface area contributed by atoms with Crippen LogP contribution in [0.5, 0.6) is 17.2 Å². The average Bonchev–Trinajstić information content (AvgIpc) is 3.37. The van der Waals surface area contributed by atoms with Gasteiger partial charge in [0.1, 0.15) is 23.4 Å². The summed E-state index contributed by atoms with van der Waals surface area (Å²) in [4.78, 5) is 21.8. The van der Waals surface area contributed by atoms with Crippen molar-refractivity contribution in [2.24, 2.45) is 10.1 Å². The van der Waals surface area contributed by atoms with Gasteiger partial charge in [0.25, 0.3) is 5.91 Å². The zero-order chi connectivity index (χ0) is 30.7. The average molecular weight is 589 g/mol. The van der Waals surface area contributed by atoms with Crippen molar-refractivity contribution in [1.82, 2.24) is 10.9 Å². The molecule has 0 aliphatic carbocycles. The van der Waals surface area contributed by atoms with E-state index in [2.05, 4.69) is 20.9 Å². The van der Waals surface area contributed by atoms with E-state index in [-0.39, 0.29) is 32.0 Å². The summed E-state index contributed by atoms with van der Waals surface area (Å²) in [6.45, 7) is 2.69. The fraction of sp³-hybridized carbons (Fsp3) is 0.355. The fourth-order valence-electron chi connectivity index (χ4n) is 4.75. The van der Waals surface area contributed by atoms with Gasteiger partial charge in [-0.25, -0.2) is 10.4 Å². The van der Waals surface area contributed by atoms with Gasteiger partial charge in [0.2, 0.25) is 5.90 Å². The summed E-state index contributed by atoms with van der Waals surface area (Å²) in [5, 5.41) is 12.7. The minimum atomic E-state index is -1.34. The summed E-state index contributed by atoms with van der Waals surface area (Å²) in [5.41, 5.74) is 16.5. The van der Waals surface area contributed by atoms with Crippen molar-refractivity contribution in [2.45, 2.75) is 44.5 Å². The summed E-state index contributed by atoms with van der Waals surface area (Å²) in [7, 11) is 3.15. The molecule has 226 valence electrons. The molecule has 12 heteroatoms. The zero-order valence-electron chi connectivity index (χ0n) is 24.4. The molecule has 3 aromatic rings. The standard InChI is InChI=1S/C31H36N6O6/c1-21-31(18-23-7-4-5-8-24(23)19-34-37-32,30(39)36-33-20-25-11-14-27(40-2)17-28(25)41-3)35-29(43-21)22-9-12-26(13-10-22)42-16-6-15-38/h4-5,7-14,17,21,33,38H,6,15-16,18-20H2,1-3H3,(H,36,39)/t21-,31-/m0/s1. The van der Waals surface area contributed by atoms with Crippen molar-refractivity contribution >= 4 is 11.8 Å². The molecule has 1 aliphatic rings. The third kappa shape index (κ3) is 7.55. The number of ether oxygens (including phenoxy) is 4. The van der Waals surface area contributed by atoms with Crippen LogP contribution in [-0.2, 0) is 29.0 Å². The first kappa shape index (κ1) is 31.2. The SMILES string of the molecule is COc1ccc(CNNC(=O)[C@@]2(Cc3ccccc3CN=[N+]=[N-])N=C(c3ccc(OCCCO)cc3)O[C@H]2C)c(OC)c1. The van der Waals surface area contributed by atoms with Gasteiger partial charge in [-0.3, -0.25) is 10.2 Å². The number of aliphatic hydroxyl groups excluding tert-OH is 1. The highest BCUT2D eigenvalue weighted by Crippen LogP contribution is 2.34. The van der Waals surface area contributed by atoms with Crippen molar-refractivity contribution in [3.05, 3.63) is 99.4 Å². The minimum Gasteiger partial charge on any atom is -0.497 e. The van der Waals surface area contributed by atoms with E-state index in [9.17, 15) is 4.79 Å². The number of azide groups is 1. The Morgan fingerprint density at radius 3 is 2.51 bits per heavy atom. The summed E-state index contributed by atoms with van der Waals surface area (Å²) in [6, 6.07) is 20.2. The number of hydrogen-bond acceptors (Lipinski definition) is 9. The molecule has 1 heterocycles. The number of carbonyl (C=O) groups is 1. The molecule has 0 radical (unpaired) electrons. The number of hydrogen-bond donors (Lipinski definition) is 3. The van der Waals surface area contributed by atoms with Crippen LogP contribution in [0.1, 0.15) is 35.6 Å². The Balaban J connectivity index is 1.61. The lowest BCUT2D eigenvalue weighted by Crippen LogP contribution is -2.55. The molecule has 43 heavy (non-hydrogen) atoms. The summed E-state index contributed by atoms with van der Waals surface area (Å²) in [6.07, 6.45) is 0.108. The Kier molecular flexibility index (Phi) is 10.8. The van der Waals surface area contributed by atoms with Crippen molar-refractivity contribution in [3.8, 4) is 17.2 Å². The van der Waals surface area contributed by atoms with Gasteiger partial charge in [0.05, 0.1) is 27.4 Å². The summed E-state index contributed by atoms with van der Waals surface area (Å²) >= 11 is 0. The molecule has 4 rings (SSSR count). The number of aliphatic hydroxyl groups is 1. The number of aliphatic imine (C=N–C) groups is 1. The Hall–Kier alpha value is -4.77. The van der Waals surface area contributed by atoms with Crippen LogP contribution < -0.4 is 25.1 Å². The zero-order valence-corrected chi connectivity index (χ0v) is 24.4. The maximum Gasteiger partial charge on any atom is 0.266 e. The number of methoxy groups -OCH3 is 2. The van der Waals surface area contributed by atoms with E-state index >= 15 is 0 Å². The maximum atomic E-state index is 14.0. The van der Waals surface area contributed by atoms with E-state index in [1.165, 1.54) is 0 Å². The van der Waals surface area contributed by atoms with Gasteiger partial charge in [-0.15, -0.1) is 0 Å². The van der Waals surface area contributed by atoms with Crippen molar-refractivity contribution in [2.75, 3.05) is 27.4 Å².